The first-order valence-electron chi connectivity index (χ1n) is 9.65. The van der Waals surface area contributed by atoms with Crippen molar-refractivity contribution in [3.63, 3.8) is 0 Å². The summed E-state index contributed by atoms with van der Waals surface area (Å²) < 4.78 is 26.7. The largest absolute Gasteiger partial charge is 0.383 e. The molecule has 0 saturated heterocycles. The van der Waals surface area contributed by atoms with E-state index in [9.17, 15) is 23.5 Å². The fourth-order valence-corrected chi connectivity index (χ4v) is 3.44. The second-order valence-electron chi connectivity index (χ2n) is 7.26. The number of nitrogen functional groups attached to an aromatic ring is 1. The molecule has 3 rings (SSSR count). The summed E-state index contributed by atoms with van der Waals surface area (Å²) in [7, 11) is 1.50. The first-order chi connectivity index (χ1) is 15.1. The second kappa shape index (κ2) is 9.11. The fourth-order valence-electron chi connectivity index (χ4n) is 3.44. The second-order valence-corrected chi connectivity index (χ2v) is 7.26. The average Bonchev–Trinajstić information content (AvgIpc) is 2.73. The first kappa shape index (κ1) is 22.8. The highest BCUT2D eigenvalue weighted by molar-refractivity contribution is 6.01. The van der Waals surface area contributed by atoms with Gasteiger partial charge < -0.3 is 21.5 Å². The topological polar surface area (TPSA) is 117 Å². The van der Waals surface area contributed by atoms with E-state index in [1.54, 1.807) is 38.2 Å². The smallest absolute Gasteiger partial charge is 0.257 e. The number of carbonyl (C=O) groups is 2. The Balaban J connectivity index is 1.87. The van der Waals surface area contributed by atoms with E-state index in [1.165, 1.54) is 7.05 Å². The van der Waals surface area contributed by atoms with Crippen LogP contribution in [0, 0.1) is 25.5 Å². The van der Waals surface area contributed by atoms with Crippen molar-refractivity contribution in [2.24, 2.45) is 0 Å². The molecule has 0 radical (unpaired) electrons. The molecule has 9 heteroatoms. The SMILES string of the molecule is CNC(=O)c1c(N)ncc(-c2ccc(NC(=O)C(O)c3cc(F)cc(F)c3)cc2C)c1C. The van der Waals surface area contributed by atoms with Crippen LogP contribution in [0.3, 0.4) is 0 Å². The van der Waals surface area contributed by atoms with E-state index >= 15 is 0 Å². The van der Waals surface area contributed by atoms with Crippen molar-refractivity contribution in [3.8, 4) is 11.1 Å². The molecule has 1 heterocycles. The lowest BCUT2D eigenvalue weighted by Crippen LogP contribution is -2.21. The van der Waals surface area contributed by atoms with Crippen molar-refractivity contribution in [1.82, 2.24) is 10.3 Å². The Labute approximate surface area is 183 Å². The number of nitrogens with two attached hydrogens (primary N) is 1. The van der Waals surface area contributed by atoms with Crippen LogP contribution >= 0.6 is 0 Å². The third kappa shape index (κ3) is 4.57. The minimum Gasteiger partial charge on any atom is -0.383 e. The van der Waals surface area contributed by atoms with Gasteiger partial charge in [0.1, 0.15) is 17.5 Å². The van der Waals surface area contributed by atoms with Crippen LogP contribution in [0.2, 0.25) is 0 Å². The maximum absolute atomic E-state index is 13.4. The van der Waals surface area contributed by atoms with Gasteiger partial charge in [0, 0.05) is 30.6 Å². The minimum atomic E-state index is -1.75. The normalized spacial score (nSPS) is 11.7. The first-order valence-corrected chi connectivity index (χ1v) is 9.65. The molecule has 5 N–H and O–H groups in total. The molecule has 1 aromatic heterocycles. The standard InChI is InChI=1S/C23H22F2N4O3/c1-11-6-16(29-23(32)20(30)13-7-14(24)9-15(25)8-13)4-5-17(11)18-10-28-21(26)19(12(18)2)22(31)27-3/h4-10,20,30H,1-3H3,(H2,26,28)(H,27,31)(H,29,32). The number of aliphatic hydroxyl groups is 1. The molecule has 2 amide bonds. The van der Waals surface area contributed by atoms with Crippen LogP contribution in [-0.2, 0) is 4.79 Å². The molecule has 0 bridgehead atoms. The van der Waals surface area contributed by atoms with E-state index < -0.39 is 23.6 Å². The van der Waals surface area contributed by atoms with Crippen molar-refractivity contribution in [1.29, 1.82) is 0 Å². The Hall–Kier alpha value is -3.85. The Bertz CT molecular complexity index is 1190. The van der Waals surface area contributed by atoms with Gasteiger partial charge in [-0.3, -0.25) is 9.59 Å². The molecular weight excluding hydrogens is 418 g/mol. The van der Waals surface area contributed by atoms with Gasteiger partial charge in [-0.2, -0.15) is 0 Å². The molecule has 0 fully saturated rings. The third-order valence-corrected chi connectivity index (χ3v) is 5.06. The number of halogens is 2. The van der Waals surface area contributed by atoms with Gasteiger partial charge in [0.15, 0.2) is 6.10 Å². The number of hydrogen-bond acceptors (Lipinski definition) is 5. The molecule has 0 aliphatic heterocycles. The van der Waals surface area contributed by atoms with Crippen LogP contribution in [0.25, 0.3) is 11.1 Å². The van der Waals surface area contributed by atoms with Crippen LogP contribution < -0.4 is 16.4 Å². The van der Waals surface area contributed by atoms with Gasteiger partial charge in [-0.15, -0.1) is 0 Å². The van der Waals surface area contributed by atoms with Gasteiger partial charge in [0.2, 0.25) is 0 Å². The summed E-state index contributed by atoms with van der Waals surface area (Å²) >= 11 is 0. The number of carbonyl (C=O) groups excluding carboxylic acids is 2. The van der Waals surface area contributed by atoms with Gasteiger partial charge in [0.05, 0.1) is 5.56 Å². The summed E-state index contributed by atoms with van der Waals surface area (Å²) in [5.74, 6) is -2.85. The van der Waals surface area contributed by atoms with Crippen LogP contribution in [0.4, 0.5) is 20.3 Å². The Morgan fingerprint density at radius 3 is 2.31 bits per heavy atom. The number of rotatable bonds is 5. The van der Waals surface area contributed by atoms with E-state index in [2.05, 4.69) is 15.6 Å². The molecule has 166 valence electrons. The molecule has 3 aromatic rings. The summed E-state index contributed by atoms with van der Waals surface area (Å²) in [6, 6.07) is 7.44. The molecular formula is C23H22F2N4O3. The molecule has 1 unspecified atom stereocenters. The Kier molecular flexibility index (Phi) is 6.50. The Morgan fingerprint density at radius 1 is 1.06 bits per heavy atom. The minimum absolute atomic E-state index is 0.120. The monoisotopic (exact) mass is 440 g/mol. The maximum Gasteiger partial charge on any atom is 0.257 e. The number of anilines is 2. The van der Waals surface area contributed by atoms with E-state index in [-0.39, 0.29) is 22.9 Å². The third-order valence-electron chi connectivity index (χ3n) is 5.06. The van der Waals surface area contributed by atoms with Crippen molar-refractivity contribution in [2.75, 3.05) is 18.1 Å². The number of aliphatic hydroxyl groups excluding tert-OH is 1. The van der Waals surface area contributed by atoms with Crippen molar-refractivity contribution in [3.05, 3.63) is 76.5 Å². The molecule has 2 aromatic carbocycles. The quantitative estimate of drug-likeness (QED) is 0.486. The van der Waals surface area contributed by atoms with Gasteiger partial charge in [0.25, 0.3) is 11.8 Å². The lowest BCUT2D eigenvalue weighted by atomic mass is 9.94. The zero-order valence-corrected chi connectivity index (χ0v) is 17.7. The van der Waals surface area contributed by atoms with Crippen molar-refractivity contribution < 1.29 is 23.5 Å². The summed E-state index contributed by atoms with van der Waals surface area (Å²) in [5, 5.41) is 15.2. The number of amides is 2. The van der Waals surface area contributed by atoms with E-state index in [0.29, 0.717) is 22.9 Å². The number of hydrogen-bond donors (Lipinski definition) is 4. The highest BCUT2D eigenvalue weighted by Crippen LogP contribution is 2.31. The summed E-state index contributed by atoms with van der Waals surface area (Å²) in [5.41, 5.74) is 9.21. The molecule has 0 spiro atoms. The lowest BCUT2D eigenvalue weighted by molar-refractivity contribution is -0.124. The van der Waals surface area contributed by atoms with E-state index in [4.69, 9.17) is 5.73 Å². The molecule has 32 heavy (non-hydrogen) atoms. The van der Waals surface area contributed by atoms with Crippen LogP contribution in [0.1, 0.15) is 33.2 Å². The highest BCUT2D eigenvalue weighted by Gasteiger charge is 2.21. The number of aromatic nitrogens is 1. The van der Waals surface area contributed by atoms with Crippen molar-refractivity contribution in [2.45, 2.75) is 20.0 Å². The van der Waals surface area contributed by atoms with Gasteiger partial charge in [-0.25, -0.2) is 13.8 Å². The molecule has 7 nitrogen and oxygen atoms in total. The highest BCUT2D eigenvalue weighted by atomic mass is 19.1. The fraction of sp³-hybridized carbons (Fsp3) is 0.174. The zero-order chi connectivity index (χ0) is 23.6. The zero-order valence-electron chi connectivity index (χ0n) is 17.7. The van der Waals surface area contributed by atoms with Gasteiger partial charge in [-0.1, -0.05) is 6.07 Å². The van der Waals surface area contributed by atoms with E-state index in [0.717, 1.165) is 23.3 Å². The molecule has 0 aliphatic rings. The molecule has 0 aliphatic carbocycles. The van der Waals surface area contributed by atoms with Crippen LogP contribution in [-0.4, -0.2) is 29.0 Å². The van der Waals surface area contributed by atoms with Crippen molar-refractivity contribution >= 4 is 23.3 Å². The number of aryl methyl sites for hydroxylation is 1. The lowest BCUT2D eigenvalue weighted by Gasteiger charge is -2.16. The Morgan fingerprint density at radius 2 is 1.72 bits per heavy atom. The number of nitrogens with zero attached hydrogens (tertiary/aromatic N) is 1. The van der Waals surface area contributed by atoms with Crippen LogP contribution in [0.15, 0.2) is 42.6 Å². The predicted octanol–water partition coefficient (Wildman–Crippen LogP) is 3.26. The summed E-state index contributed by atoms with van der Waals surface area (Å²) in [4.78, 5) is 28.7. The van der Waals surface area contributed by atoms with Gasteiger partial charge >= 0.3 is 0 Å². The number of nitrogens with one attached hydrogen (secondary N) is 2. The number of benzene rings is 2. The van der Waals surface area contributed by atoms with Crippen LogP contribution in [0.5, 0.6) is 0 Å². The predicted molar refractivity (Wildman–Crippen MR) is 117 cm³/mol. The summed E-state index contributed by atoms with van der Waals surface area (Å²) in [6.07, 6.45) is -0.182. The molecule has 0 saturated carbocycles. The van der Waals surface area contributed by atoms with E-state index in [1.807, 2.05) is 0 Å². The summed E-state index contributed by atoms with van der Waals surface area (Å²) in [6.45, 7) is 3.57. The maximum atomic E-state index is 13.4. The number of pyridine rings is 1. The average molecular weight is 440 g/mol. The molecule has 1 atom stereocenters. The van der Waals surface area contributed by atoms with Gasteiger partial charge in [-0.05, 0) is 60.4 Å².